The number of benzene rings is 1. The van der Waals surface area contributed by atoms with Gasteiger partial charge in [-0.15, -0.1) is 22.7 Å². The zero-order valence-electron chi connectivity index (χ0n) is 15.3. The average Bonchev–Trinajstić information content (AvgIpc) is 3.38. The Balaban J connectivity index is 1.64. The standard InChI is InChI=1S/C20H23N3O2S2/c1-24-17-6-4-16(5-7-17)21-20-23(9-8-22-10-12-25-13-11-22)18(15-27-20)19-3-2-14-26-19/h2-7,14-15H,8-13H2,1H3. The van der Waals surface area contributed by atoms with Crippen LogP contribution in [-0.2, 0) is 11.3 Å². The van der Waals surface area contributed by atoms with Crippen LogP contribution in [0.3, 0.4) is 0 Å². The highest BCUT2D eigenvalue weighted by atomic mass is 32.1. The molecule has 0 bridgehead atoms. The summed E-state index contributed by atoms with van der Waals surface area (Å²) in [5.74, 6) is 0.847. The quantitative estimate of drug-likeness (QED) is 0.630. The van der Waals surface area contributed by atoms with Crippen molar-refractivity contribution in [2.75, 3.05) is 40.0 Å². The molecule has 0 aliphatic carbocycles. The lowest BCUT2D eigenvalue weighted by molar-refractivity contribution is 0.0363. The van der Waals surface area contributed by atoms with Crippen molar-refractivity contribution in [3.05, 3.63) is 52.0 Å². The molecule has 0 unspecified atom stereocenters. The Hall–Kier alpha value is -1.93. The van der Waals surface area contributed by atoms with Gasteiger partial charge in [0.2, 0.25) is 0 Å². The summed E-state index contributed by atoms with van der Waals surface area (Å²) in [7, 11) is 1.68. The van der Waals surface area contributed by atoms with E-state index in [1.54, 1.807) is 29.8 Å². The summed E-state index contributed by atoms with van der Waals surface area (Å²) in [6.45, 7) is 5.60. The van der Waals surface area contributed by atoms with Crippen molar-refractivity contribution in [2.45, 2.75) is 6.54 Å². The highest BCUT2D eigenvalue weighted by Gasteiger charge is 2.13. The number of thiazole rings is 1. The van der Waals surface area contributed by atoms with Crippen molar-refractivity contribution in [3.8, 4) is 16.3 Å². The van der Waals surface area contributed by atoms with Crippen LogP contribution in [0.1, 0.15) is 0 Å². The smallest absolute Gasteiger partial charge is 0.190 e. The molecule has 0 amide bonds. The van der Waals surface area contributed by atoms with Crippen LogP contribution in [0.15, 0.2) is 52.2 Å². The van der Waals surface area contributed by atoms with Crippen molar-refractivity contribution in [1.29, 1.82) is 0 Å². The first-order valence-electron chi connectivity index (χ1n) is 9.04. The first-order chi connectivity index (χ1) is 13.3. The minimum atomic E-state index is 0.829. The predicted octanol–water partition coefficient (Wildman–Crippen LogP) is 3.85. The second-order valence-corrected chi connectivity index (χ2v) is 8.08. The van der Waals surface area contributed by atoms with Crippen molar-refractivity contribution in [2.24, 2.45) is 4.99 Å². The Morgan fingerprint density at radius 1 is 1.07 bits per heavy atom. The van der Waals surface area contributed by atoms with E-state index < -0.39 is 0 Å². The van der Waals surface area contributed by atoms with Crippen LogP contribution in [-0.4, -0.2) is 49.4 Å². The fourth-order valence-electron chi connectivity index (χ4n) is 3.09. The van der Waals surface area contributed by atoms with E-state index in [0.717, 1.165) is 55.6 Å². The van der Waals surface area contributed by atoms with Crippen LogP contribution < -0.4 is 9.54 Å². The molecule has 4 rings (SSSR count). The zero-order valence-corrected chi connectivity index (χ0v) is 17.0. The third-order valence-corrected chi connectivity index (χ3v) is 6.37. The summed E-state index contributed by atoms with van der Waals surface area (Å²) in [5, 5.41) is 4.34. The largest absolute Gasteiger partial charge is 0.497 e. The Bertz CT molecular complexity index is 908. The maximum absolute atomic E-state index is 5.47. The molecule has 1 aliphatic rings. The number of ether oxygens (including phenoxy) is 2. The number of methoxy groups -OCH3 is 1. The Labute approximate surface area is 167 Å². The molecule has 142 valence electrons. The summed E-state index contributed by atoms with van der Waals surface area (Å²) in [6.07, 6.45) is 0. The predicted molar refractivity (Wildman–Crippen MR) is 111 cm³/mol. The number of nitrogens with zero attached hydrogens (tertiary/aromatic N) is 3. The van der Waals surface area contributed by atoms with Crippen molar-refractivity contribution in [1.82, 2.24) is 9.47 Å². The van der Waals surface area contributed by atoms with E-state index >= 15 is 0 Å². The topological polar surface area (TPSA) is 39.0 Å². The molecular weight excluding hydrogens is 378 g/mol. The van der Waals surface area contributed by atoms with Gasteiger partial charge in [0, 0.05) is 31.6 Å². The number of hydrogen-bond donors (Lipinski definition) is 0. The molecule has 0 spiro atoms. The van der Waals surface area contributed by atoms with Gasteiger partial charge in [0.1, 0.15) is 5.75 Å². The molecule has 0 saturated carbocycles. The van der Waals surface area contributed by atoms with Gasteiger partial charge in [0.05, 0.1) is 36.6 Å². The van der Waals surface area contributed by atoms with Crippen LogP contribution in [0.5, 0.6) is 5.75 Å². The minimum Gasteiger partial charge on any atom is -0.497 e. The van der Waals surface area contributed by atoms with E-state index in [9.17, 15) is 0 Å². The second kappa shape index (κ2) is 8.84. The molecule has 7 heteroatoms. The molecule has 1 aromatic carbocycles. The van der Waals surface area contributed by atoms with Gasteiger partial charge in [-0.1, -0.05) is 6.07 Å². The molecule has 3 aromatic rings. The minimum absolute atomic E-state index is 0.829. The highest BCUT2D eigenvalue weighted by Crippen LogP contribution is 2.26. The lowest BCUT2D eigenvalue weighted by Crippen LogP contribution is -2.39. The number of morpholine rings is 1. The van der Waals surface area contributed by atoms with Crippen molar-refractivity contribution < 1.29 is 9.47 Å². The number of rotatable bonds is 6. The Kier molecular flexibility index (Phi) is 6.03. The molecule has 1 saturated heterocycles. The monoisotopic (exact) mass is 401 g/mol. The van der Waals surface area contributed by atoms with E-state index in [1.165, 1.54) is 10.6 Å². The van der Waals surface area contributed by atoms with Gasteiger partial charge in [-0.25, -0.2) is 4.99 Å². The van der Waals surface area contributed by atoms with Crippen LogP contribution in [0.4, 0.5) is 5.69 Å². The van der Waals surface area contributed by atoms with E-state index in [0.29, 0.717) is 0 Å². The SMILES string of the molecule is COc1ccc(N=c2scc(-c3cccs3)n2CCN2CCOCC2)cc1. The van der Waals surface area contributed by atoms with Gasteiger partial charge in [0.15, 0.2) is 4.80 Å². The average molecular weight is 402 g/mol. The maximum atomic E-state index is 5.47. The molecule has 27 heavy (non-hydrogen) atoms. The molecule has 1 fully saturated rings. The summed E-state index contributed by atoms with van der Waals surface area (Å²) >= 11 is 3.46. The summed E-state index contributed by atoms with van der Waals surface area (Å²) in [4.78, 5) is 9.67. The third-order valence-electron chi connectivity index (χ3n) is 4.61. The fraction of sp³-hybridized carbons (Fsp3) is 0.350. The Morgan fingerprint density at radius 3 is 2.59 bits per heavy atom. The molecule has 0 atom stereocenters. The summed E-state index contributed by atoms with van der Waals surface area (Å²) in [5.41, 5.74) is 2.19. The van der Waals surface area contributed by atoms with Gasteiger partial charge in [-0.2, -0.15) is 0 Å². The van der Waals surface area contributed by atoms with Crippen LogP contribution >= 0.6 is 22.7 Å². The summed E-state index contributed by atoms with van der Waals surface area (Å²) in [6, 6.07) is 12.2. The van der Waals surface area contributed by atoms with Crippen molar-refractivity contribution in [3.63, 3.8) is 0 Å². The molecule has 3 heterocycles. The number of hydrogen-bond acceptors (Lipinski definition) is 6. The normalized spacial score (nSPS) is 16.0. The number of thiophene rings is 1. The maximum Gasteiger partial charge on any atom is 0.190 e. The highest BCUT2D eigenvalue weighted by molar-refractivity contribution is 7.14. The van der Waals surface area contributed by atoms with Crippen LogP contribution in [0.25, 0.3) is 10.6 Å². The van der Waals surface area contributed by atoms with Gasteiger partial charge < -0.3 is 14.0 Å². The second-order valence-electron chi connectivity index (χ2n) is 6.30. The van der Waals surface area contributed by atoms with Gasteiger partial charge >= 0.3 is 0 Å². The molecule has 0 radical (unpaired) electrons. The lowest BCUT2D eigenvalue weighted by Gasteiger charge is -2.26. The van der Waals surface area contributed by atoms with E-state index in [2.05, 4.69) is 32.4 Å². The van der Waals surface area contributed by atoms with E-state index in [1.807, 2.05) is 24.3 Å². The third kappa shape index (κ3) is 4.50. The first kappa shape index (κ1) is 18.4. The van der Waals surface area contributed by atoms with Crippen LogP contribution in [0, 0.1) is 0 Å². The summed E-state index contributed by atoms with van der Waals surface area (Å²) < 4.78 is 13.1. The first-order valence-corrected chi connectivity index (χ1v) is 10.8. The molecule has 0 N–H and O–H groups in total. The van der Waals surface area contributed by atoms with E-state index in [4.69, 9.17) is 14.5 Å². The number of aromatic nitrogens is 1. The fourth-order valence-corrected chi connectivity index (χ4v) is 4.86. The van der Waals surface area contributed by atoms with Crippen molar-refractivity contribution >= 4 is 28.4 Å². The Morgan fingerprint density at radius 2 is 1.89 bits per heavy atom. The molecule has 2 aromatic heterocycles. The van der Waals surface area contributed by atoms with Gasteiger partial charge in [-0.3, -0.25) is 4.90 Å². The zero-order chi connectivity index (χ0) is 18.5. The molecule has 1 aliphatic heterocycles. The molecule has 5 nitrogen and oxygen atoms in total. The lowest BCUT2D eigenvalue weighted by atomic mass is 10.3. The molecular formula is C20H23N3O2S2. The van der Waals surface area contributed by atoms with Gasteiger partial charge in [-0.05, 0) is 35.7 Å². The van der Waals surface area contributed by atoms with E-state index in [-0.39, 0.29) is 0 Å². The van der Waals surface area contributed by atoms with Crippen LogP contribution in [0.2, 0.25) is 0 Å². The van der Waals surface area contributed by atoms with Gasteiger partial charge in [0.25, 0.3) is 0 Å².